The SMILES string of the molecule is COc1c(COCNCC(=O)N(C)C(C)C)ccc(N)c1C(=N)/C=C/c1ccc(F)cc1. The van der Waals surface area contributed by atoms with Crippen molar-refractivity contribution in [2.45, 2.75) is 26.5 Å². The number of amides is 1. The highest BCUT2D eigenvalue weighted by Crippen LogP contribution is 2.30. The summed E-state index contributed by atoms with van der Waals surface area (Å²) in [6, 6.07) is 9.59. The minimum Gasteiger partial charge on any atom is -0.496 e. The number of halogens is 1. The molecule has 0 unspecified atom stereocenters. The van der Waals surface area contributed by atoms with E-state index in [0.29, 0.717) is 17.0 Å². The number of nitrogen functional groups attached to an aromatic ring is 1. The van der Waals surface area contributed by atoms with Crippen molar-refractivity contribution in [1.82, 2.24) is 10.2 Å². The minimum atomic E-state index is -0.318. The van der Waals surface area contributed by atoms with Gasteiger partial charge in [0.15, 0.2) is 0 Å². The van der Waals surface area contributed by atoms with E-state index >= 15 is 0 Å². The van der Waals surface area contributed by atoms with Crippen molar-refractivity contribution < 1.29 is 18.7 Å². The predicted octanol–water partition coefficient (Wildman–Crippen LogP) is 3.43. The molecule has 0 aliphatic rings. The summed E-state index contributed by atoms with van der Waals surface area (Å²) in [6.45, 7) is 4.48. The molecule has 0 aromatic heterocycles. The Balaban J connectivity index is 2.03. The number of allylic oxidation sites excluding steroid dienone is 1. The first-order valence-electron chi connectivity index (χ1n) is 10.3. The summed E-state index contributed by atoms with van der Waals surface area (Å²) in [4.78, 5) is 13.6. The molecule has 0 spiro atoms. The van der Waals surface area contributed by atoms with Crippen LogP contribution in [0.25, 0.3) is 6.08 Å². The van der Waals surface area contributed by atoms with Gasteiger partial charge in [-0.05, 0) is 43.7 Å². The zero-order valence-corrected chi connectivity index (χ0v) is 18.9. The lowest BCUT2D eigenvalue weighted by atomic mass is 10.0. The van der Waals surface area contributed by atoms with Crippen molar-refractivity contribution >= 4 is 23.4 Å². The van der Waals surface area contributed by atoms with Crippen molar-refractivity contribution in [2.75, 3.05) is 33.2 Å². The molecule has 2 aromatic rings. The van der Waals surface area contributed by atoms with Gasteiger partial charge in [0.25, 0.3) is 0 Å². The van der Waals surface area contributed by atoms with Crippen LogP contribution in [0.2, 0.25) is 0 Å². The van der Waals surface area contributed by atoms with Gasteiger partial charge < -0.3 is 25.5 Å². The number of carbonyl (C=O) groups is 1. The van der Waals surface area contributed by atoms with Crippen LogP contribution in [0.3, 0.4) is 0 Å². The first kappa shape index (κ1) is 25.0. The van der Waals surface area contributed by atoms with E-state index in [1.165, 1.54) is 19.2 Å². The molecular weight excluding hydrogens is 411 g/mol. The van der Waals surface area contributed by atoms with Gasteiger partial charge in [0.1, 0.15) is 11.6 Å². The third-order valence-corrected chi connectivity index (χ3v) is 4.96. The molecule has 172 valence electrons. The van der Waals surface area contributed by atoms with Crippen LogP contribution in [-0.2, 0) is 16.1 Å². The van der Waals surface area contributed by atoms with Crippen molar-refractivity contribution in [3.05, 3.63) is 65.0 Å². The number of hydrogen-bond donors (Lipinski definition) is 3. The number of carbonyl (C=O) groups excluding carboxylic acids is 1. The van der Waals surface area contributed by atoms with Crippen LogP contribution in [0.1, 0.15) is 30.5 Å². The fraction of sp³-hybridized carbons (Fsp3) is 0.333. The number of ether oxygens (including phenoxy) is 2. The standard InChI is InChI=1S/C24H31FN4O3/c1-16(2)29(3)22(30)13-28-15-32-14-18-8-12-21(27)23(24(18)31-4)20(26)11-7-17-5-9-19(25)10-6-17/h5-12,16,26,28H,13-15,27H2,1-4H3/b11-7+,26-20?. The van der Waals surface area contributed by atoms with Gasteiger partial charge in [-0.1, -0.05) is 24.3 Å². The maximum Gasteiger partial charge on any atom is 0.236 e. The van der Waals surface area contributed by atoms with Crippen LogP contribution >= 0.6 is 0 Å². The first-order chi connectivity index (χ1) is 15.2. The zero-order valence-electron chi connectivity index (χ0n) is 18.9. The van der Waals surface area contributed by atoms with Crippen LogP contribution in [-0.4, -0.2) is 50.0 Å². The predicted molar refractivity (Wildman–Crippen MR) is 125 cm³/mol. The monoisotopic (exact) mass is 442 g/mol. The summed E-state index contributed by atoms with van der Waals surface area (Å²) in [7, 11) is 3.27. The molecule has 0 aliphatic carbocycles. The molecular formula is C24H31FN4O3. The van der Waals surface area contributed by atoms with Crippen molar-refractivity contribution in [3.8, 4) is 5.75 Å². The summed E-state index contributed by atoms with van der Waals surface area (Å²) in [5, 5.41) is 11.4. The molecule has 0 bridgehead atoms. The van der Waals surface area contributed by atoms with Crippen molar-refractivity contribution in [3.63, 3.8) is 0 Å². The van der Waals surface area contributed by atoms with Crippen LogP contribution in [0.15, 0.2) is 42.5 Å². The summed E-state index contributed by atoms with van der Waals surface area (Å²) in [5.74, 6) is 0.119. The zero-order chi connectivity index (χ0) is 23.7. The highest BCUT2D eigenvalue weighted by atomic mass is 19.1. The molecule has 2 rings (SSSR count). The van der Waals surface area contributed by atoms with Crippen LogP contribution in [0.4, 0.5) is 10.1 Å². The largest absolute Gasteiger partial charge is 0.496 e. The second-order valence-corrected chi connectivity index (χ2v) is 7.54. The maximum absolute atomic E-state index is 13.1. The second-order valence-electron chi connectivity index (χ2n) is 7.54. The number of nitrogens with two attached hydrogens (primary N) is 1. The third kappa shape index (κ3) is 6.90. The van der Waals surface area contributed by atoms with Gasteiger partial charge in [-0.2, -0.15) is 0 Å². The summed E-state index contributed by atoms with van der Waals surface area (Å²) in [6.07, 6.45) is 3.30. The minimum absolute atomic E-state index is 0.0164. The Labute approximate surface area is 188 Å². The van der Waals surface area contributed by atoms with Gasteiger partial charge in [-0.15, -0.1) is 0 Å². The number of nitrogens with one attached hydrogen (secondary N) is 2. The summed E-state index contributed by atoms with van der Waals surface area (Å²) >= 11 is 0. The Morgan fingerprint density at radius 1 is 1.25 bits per heavy atom. The Morgan fingerprint density at radius 3 is 2.56 bits per heavy atom. The normalized spacial score (nSPS) is 11.2. The topological polar surface area (TPSA) is 101 Å². The average Bonchev–Trinajstić information content (AvgIpc) is 2.77. The number of rotatable bonds is 11. The Kier molecular flexibility index (Phi) is 9.37. The lowest BCUT2D eigenvalue weighted by Crippen LogP contribution is -2.39. The van der Waals surface area contributed by atoms with E-state index in [-0.39, 0.29) is 43.4 Å². The fourth-order valence-electron chi connectivity index (χ4n) is 2.91. The molecule has 0 saturated heterocycles. The molecule has 0 aliphatic heterocycles. The second kappa shape index (κ2) is 12.0. The average molecular weight is 443 g/mol. The number of nitrogens with zero attached hydrogens (tertiary/aromatic N) is 1. The molecule has 8 heteroatoms. The lowest BCUT2D eigenvalue weighted by Gasteiger charge is -2.21. The summed E-state index contributed by atoms with van der Waals surface area (Å²) < 4.78 is 24.2. The molecule has 0 saturated carbocycles. The number of benzene rings is 2. The first-order valence-corrected chi connectivity index (χ1v) is 10.3. The Bertz CT molecular complexity index is 958. The van der Waals surface area contributed by atoms with E-state index in [4.69, 9.17) is 20.6 Å². The maximum atomic E-state index is 13.1. The van der Waals surface area contributed by atoms with E-state index in [0.717, 1.165) is 11.1 Å². The van der Waals surface area contributed by atoms with E-state index in [2.05, 4.69) is 5.32 Å². The van der Waals surface area contributed by atoms with Gasteiger partial charge >= 0.3 is 0 Å². The van der Waals surface area contributed by atoms with E-state index in [9.17, 15) is 9.18 Å². The van der Waals surface area contributed by atoms with Gasteiger partial charge in [0, 0.05) is 24.3 Å². The number of methoxy groups -OCH3 is 1. The lowest BCUT2D eigenvalue weighted by molar-refractivity contribution is -0.130. The van der Waals surface area contributed by atoms with Gasteiger partial charge in [-0.25, -0.2) is 4.39 Å². The van der Waals surface area contributed by atoms with E-state index in [1.54, 1.807) is 48.4 Å². The highest BCUT2D eigenvalue weighted by molar-refractivity contribution is 6.13. The van der Waals surface area contributed by atoms with E-state index in [1.807, 2.05) is 13.8 Å². The van der Waals surface area contributed by atoms with Crippen molar-refractivity contribution in [2.24, 2.45) is 0 Å². The molecule has 0 radical (unpaired) electrons. The highest BCUT2D eigenvalue weighted by Gasteiger charge is 2.16. The van der Waals surface area contributed by atoms with Crippen LogP contribution in [0, 0.1) is 11.2 Å². The third-order valence-electron chi connectivity index (χ3n) is 4.96. The quantitative estimate of drug-likeness (QED) is 0.214. The van der Waals surface area contributed by atoms with Crippen LogP contribution < -0.4 is 15.8 Å². The number of likely N-dealkylation sites (N-methyl/N-ethyl adjacent to an activating group) is 1. The van der Waals surface area contributed by atoms with Crippen LogP contribution in [0.5, 0.6) is 5.75 Å². The molecule has 2 aromatic carbocycles. The Morgan fingerprint density at radius 2 is 1.94 bits per heavy atom. The molecule has 0 atom stereocenters. The molecule has 0 heterocycles. The number of hydrogen-bond acceptors (Lipinski definition) is 6. The molecule has 4 N–H and O–H groups in total. The number of anilines is 1. The molecule has 32 heavy (non-hydrogen) atoms. The van der Waals surface area contributed by atoms with Gasteiger partial charge in [-0.3, -0.25) is 10.1 Å². The van der Waals surface area contributed by atoms with Gasteiger partial charge in [0.05, 0.1) is 38.3 Å². The molecule has 7 nitrogen and oxygen atoms in total. The smallest absolute Gasteiger partial charge is 0.236 e. The molecule has 0 fully saturated rings. The van der Waals surface area contributed by atoms with Gasteiger partial charge in [0.2, 0.25) is 5.91 Å². The van der Waals surface area contributed by atoms with E-state index < -0.39 is 0 Å². The summed E-state index contributed by atoms with van der Waals surface area (Å²) in [5.41, 5.74) is 8.62. The van der Waals surface area contributed by atoms with Crippen molar-refractivity contribution in [1.29, 1.82) is 5.41 Å². The Hall–Kier alpha value is -3.23. The fourth-order valence-corrected chi connectivity index (χ4v) is 2.91. The molecule has 1 amide bonds.